The summed E-state index contributed by atoms with van der Waals surface area (Å²) in [5.74, 6) is -0.618. The van der Waals surface area contributed by atoms with E-state index < -0.39 is 22.6 Å². The van der Waals surface area contributed by atoms with Gasteiger partial charge in [-0.1, -0.05) is 24.3 Å². The largest absolute Gasteiger partial charge is 0.493 e. The van der Waals surface area contributed by atoms with E-state index in [2.05, 4.69) is 0 Å². The van der Waals surface area contributed by atoms with Crippen LogP contribution in [0.4, 0.5) is 10.5 Å². The number of imide groups is 1. The Balaban J connectivity index is 1.54. The third kappa shape index (κ3) is 4.46. The molecular formula is C23H21N3O7S. The summed E-state index contributed by atoms with van der Waals surface area (Å²) in [5, 5.41) is 10.9. The predicted octanol–water partition coefficient (Wildman–Crippen LogP) is 3.23. The minimum atomic E-state index is -0.676. The molecule has 0 bridgehead atoms. The zero-order chi connectivity index (χ0) is 24.4. The quantitative estimate of drug-likeness (QED) is 0.349. The van der Waals surface area contributed by atoms with E-state index in [1.807, 2.05) is 24.3 Å². The van der Waals surface area contributed by atoms with Crippen LogP contribution in [0.1, 0.15) is 16.7 Å². The van der Waals surface area contributed by atoms with Crippen LogP contribution in [-0.2, 0) is 22.6 Å². The molecule has 0 aromatic heterocycles. The van der Waals surface area contributed by atoms with Crippen molar-refractivity contribution in [2.45, 2.75) is 13.0 Å². The number of carbonyl (C=O) groups is 3. The molecule has 2 aliphatic rings. The molecule has 11 heteroatoms. The van der Waals surface area contributed by atoms with Crippen LogP contribution >= 0.6 is 11.8 Å². The van der Waals surface area contributed by atoms with Gasteiger partial charge in [0.2, 0.25) is 5.91 Å². The third-order valence-corrected chi connectivity index (χ3v) is 6.57. The van der Waals surface area contributed by atoms with Gasteiger partial charge in [0.25, 0.3) is 16.8 Å². The molecule has 0 radical (unpaired) electrons. The molecule has 4 rings (SSSR count). The molecule has 0 N–H and O–H groups in total. The predicted molar refractivity (Wildman–Crippen MR) is 124 cm³/mol. The normalized spacial score (nSPS) is 16.6. The number of nitro benzene ring substituents is 1. The van der Waals surface area contributed by atoms with Crippen LogP contribution < -0.4 is 9.47 Å². The summed E-state index contributed by atoms with van der Waals surface area (Å²) in [6.07, 6.45) is 1.96. The number of thioether (sulfide) groups is 1. The van der Waals surface area contributed by atoms with Gasteiger partial charge >= 0.3 is 0 Å². The average molecular weight is 484 g/mol. The summed E-state index contributed by atoms with van der Waals surface area (Å²) in [7, 11) is 2.73. The van der Waals surface area contributed by atoms with Crippen LogP contribution in [0.5, 0.6) is 11.5 Å². The molecule has 0 atom stereocenters. The van der Waals surface area contributed by atoms with E-state index in [0.29, 0.717) is 31.3 Å². The van der Waals surface area contributed by atoms with Crippen molar-refractivity contribution in [3.63, 3.8) is 0 Å². The van der Waals surface area contributed by atoms with Gasteiger partial charge in [-0.25, -0.2) is 0 Å². The lowest BCUT2D eigenvalue weighted by Crippen LogP contribution is -2.44. The number of methoxy groups -OCH3 is 2. The lowest BCUT2D eigenvalue weighted by Gasteiger charge is -2.29. The lowest BCUT2D eigenvalue weighted by molar-refractivity contribution is -0.385. The molecular weight excluding hydrogens is 462 g/mol. The lowest BCUT2D eigenvalue weighted by atomic mass is 10.00. The second-order valence-electron chi connectivity index (χ2n) is 7.62. The van der Waals surface area contributed by atoms with Gasteiger partial charge in [0.1, 0.15) is 6.54 Å². The first-order valence-corrected chi connectivity index (χ1v) is 11.1. The van der Waals surface area contributed by atoms with E-state index in [1.165, 1.54) is 38.0 Å². The first-order valence-electron chi connectivity index (χ1n) is 10.3. The monoisotopic (exact) mass is 483 g/mol. The fourth-order valence-corrected chi connectivity index (χ4v) is 4.71. The molecule has 2 heterocycles. The molecule has 34 heavy (non-hydrogen) atoms. The first kappa shape index (κ1) is 23.3. The van der Waals surface area contributed by atoms with Crippen LogP contribution in [0.2, 0.25) is 0 Å². The number of fused-ring (bicyclic) bond motifs is 1. The number of hydrogen-bond acceptors (Lipinski definition) is 8. The van der Waals surface area contributed by atoms with Crippen molar-refractivity contribution in [2.75, 3.05) is 27.3 Å². The molecule has 3 amide bonds. The minimum absolute atomic E-state index is 0.0166. The maximum absolute atomic E-state index is 12.9. The SMILES string of the molecule is COc1cc(C=C2SC(=O)N(CC(=O)N3CCc4ccccc4C3)C2=O)c([N+](=O)[O-])cc1OC. The number of hydrogen-bond donors (Lipinski definition) is 0. The maximum Gasteiger partial charge on any atom is 0.294 e. The van der Waals surface area contributed by atoms with Gasteiger partial charge in [-0.15, -0.1) is 0 Å². The Morgan fingerprint density at radius 2 is 1.82 bits per heavy atom. The minimum Gasteiger partial charge on any atom is -0.493 e. The summed E-state index contributed by atoms with van der Waals surface area (Å²) in [5.41, 5.74) is 1.98. The van der Waals surface area contributed by atoms with Crippen molar-refractivity contribution in [1.29, 1.82) is 0 Å². The molecule has 0 saturated carbocycles. The van der Waals surface area contributed by atoms with Crippen molar-refractivity contribution < 1.29 is 28.8 Å². The van der Waals surface area contributed by atoms with Gasteiger partial charge in [0, 0.05) is 13.1 Å². The Morgan fingerprint density at radius 3 is 2.50 bits per heavy atom. The van der Waals surface area contributed by atoms with E-state index in [9.17, 15) is 24.5 Å². The number of ether oxygens (including phenoxy) is 2. The highest BCUT2D eigenvalue weighted by Gasteiger charge is 2.38. The zero-order valence-electron chi connectivity index (χ0n) is 18.5. The van der Waals surface area contributed by atoms with Crippen molar-refractivity contribution in [3.8, 4) is 11.5 Å². The molecule has 2 aromatic rings. The number of rotatable bonds is 6. The zero-order valence-corrected chi connectivity index (χ0v) is 19.3. The standard InChI is InChI=1S/C23H21N3O7S/c1-32-18-9-16(17(26(30)31)11-19(18)33-2)10-20-22(28)25(23(29)34-20)13-21(27)24-8-7-14-5-3-4-6-15(14)12-24/h3-6,9-11H,7-8,12-13H2,1-2H3. The van der Waals surface area contributed by atoms with Crippen LogP contribution in [0.3, 0.4) is 0 Å². The summed E-state index contributed by atoms with van der Waals surface area (Å²) in [4.78, 5) is 51.7. The fraction of sp³-hybridized carbons (Fsp3) is 0.261. The molecule has 2 aliphatic heterocycles. The van der Waals surface area contributed by atoms with E-state index in [0.717, 1.165) is 10.5 Å². The number of nitrogens with zero attached hydrogens (tertiary/aromatic N) is 3. The number of carbonyl (C=O) groups excluding carboxylic acids is 3. The van der Waals surface area contributed by atoms with Crippen LogP contribution in [0.15, 0.2) is 41.3 Å². The Bertz CT molecular complexity index is 1230. The van der Waals surface area contributed by atoms with Gasteiger partial charge in [0.15, 0.2) is 11.5 Å². The Labute approximate surface area is 199 Å². The first-order chi connectivity index (χ1) is 16.3. The van der Waals surface area contributed by atoms with Gasteiger partial charge < -0.3 is 14.4 Å². The highest BCUT2D eigenvalue weighted by Crippen LogP contribution is 2.38. The Hall–Kier alpha value is -3.86. The van der Waals surface area contributed by atoms with Gasteiger partial charge in [-0.3, -0.25) is 29.4 Å². The molecule has 1 fully saturated rings. The van der Waals surface area contributed by atoms with E-state index in [4.69, 9.17) is 9.47 Å². The second-order valence-corrected chi connectivity index (χ2v) is 8.62. The molecule has 1 saturated heterocycles. The summed E-state index contributed by atoms with van der Waals surface area (Å²) >= 11 is 0.631. The van der Waals surface area contributed by atoms with Crippen LogP contribution in [0, 0.1) is 10.1 Å². The van der Waals surface area contributed by atoms with Crippen molar-refractivity contribution >= 4 is 40.6 Å². The summed E-state index contributed by atoms with van der Waals surface area (Å²) in [6, 6.07) is 10.4. The van der Waals surface area contributed by atoms with Gasteiger partial charge in [-0.05, 0) is 41.5 Å². The number of benzene rings is 2. The summed E-state index contributed by atoms with van der Waals surface area (Å²) < 4.78 is 10.3. The van der Waals surface area contributed by atoms with Gasteiger partial charge in [0.05, 0.1) is 35.7 Å². The topological polar surface area (TPSA) is 119 Å². The highest BCUT2D eigenvalue weighted by atomic mass is 32.2. The van der Waals surface area contributed by atoms with E-state index >= 15 is 0 Å². The van der Waals surface area contributed by atoms with Crippen molar-refractivity contribution in [1.82, 2.24) is 9.80 Å². The molecule has 0 unspecified atom stereocenters. The number of nitro groups is 1. The molecule has 2 aromatic carbocycles. The third-order valence-electron chi connectivity index (χ3n) is 5.67. The Kier molecular flexibility index (Phi) is 6.55. The van der Waals surface area contributed by atoms with Gasteiger partial charge in [-0.2, -0.15) is 0 Å². The molecule has 0 aliphatic carbocycles. The Morgan fingerprint density at radius 1 is 1.15 bits per heavy atom. The molecule has 10 nitrogen and oxygen atoms in total. The maximum atomic E-state index is 12.9. The molecule has 176 valence electrons. The van der Waals surface area contributed by atoms with Crippen molar-refractivity contribution in [2.24, 2.45) is 0 Å². The second kappa shape index (κ2) is 9.56. The van der Waals surface area contributed by atoms with Crippen LogP contribution in [0.25, 0.3) is 6.08 Å². The number of amides is 3. The fourth-order valence-electron chi connectivity index (χ4n) is 3.88. The van der Waals surface area contributed by atoms with Crippen molar-refractivity contribution in [3.05, 3.63) is 68.1 Å². The highest BCUT2D eigenvalue weighted by molar-refractivity contribution is 8.18. The summed E-state index contributed by atoms with van der Waals surface area (Å²) in [6.45, 7) is 0.525. The van der Waals surface area contributed by atoms with E-state index in [1.54, 1.807) is 4.90 Å². The average Bonchev–Trinajstić information content (AvgIpc) is 3.10. The molecule has 0 spiro atoms. The van der Waals surface area contributed by atoms with Crippen LogP contribution in [-0.4, -0.2) is 59.1 Å². The smallest absolute Gasteiger partial charge is 0.294 e. The van der Waals surface area contributed by atoms with E-state index in [-0.39, 0.29) is 33.6 Å².